The Morgan fingerprint density at radius 2 is 2.19 bits per heavy atom. The summed E-state index contributed by atoms with van der Waals surface area (Å²) in [5, 5.41) is 19.2. The summed E-state index contributed by atoms with van der Waals surface area (Å²) in [6, 6.07) is 2.96. The Morgan fingerprint density at radius 1 is 1.48 bits per heavy atom. The molecule has 1 spiro atoms. The molecule has 1 aromatic rings. The summed E-state index contributed by atoms with van der Waals surface area (Å²) < 4.78 is 39.7. The smallest absolute Gasteiger partial charge is 0.387 e. The van der Waals surface area contributed by atoms with Crippen molar-refractivity contribution in [1.82, 2.24) is 9.55 Å². The molecule has 0 aliphatic carbocycles. The van der Waals surface area contributed by atoms with E-state index in [-0.39, 0.29) is 26.2 Å². The van der Waals surface area contributed by atoms with Crippen LogP contribution in [0.5, 0.6) is 0 Å². The van der Waals surface area contributed by atoms with Crippen LogP contribution in [0.4, 0.5) is 0 Å². The molecule has 2 unspecified atom stereocenters. The first-order chi connectivity index (χ1) is 12.8. The number of aromatic nitrogens is 2. The molecule has 2 N–H and O–H groups in total. The molecule has 3 heterocycles. The maximum atomic E-state index is 12.3. The summed E-state index contributed by atoms with van der Waals surface area (Å²) in [5.41, 5.74) is -2.80. The second-order valence-corrected chi connectivity index (χ2v) is 7.64. The van der Waals surface area contributed by atoms with Crippen molar-refractivity contribution in [3.63, 3.8) is 0 Å². The minimum atomic E-state index is -3.88. The van der Waals surface area contributed by atoms with Crippen LogP contribution >= 0.6 is 7.82 Å². The molecule has 1 aromatic heterocycles. The van der Waals surface area contributed by atoms with Gasteiger partial charge in [0.15, 0.2) is 6.23 Å². The lowest BCUT2D eigenvalue weighted by atomic mass is 9.97. The fourth-order valence-electron chi connectivity index (χ4n) is 2.89. The molecule has 2 aliphatic heterocycles. The Balaban J connectivity index is 1.80. The van der Waals surface area contributed by atoms with Gasteiger partial charge >= 0.3 is 13.5 Å². The first-order valence-corrected chi connectivity index (χ1v) is 9.41. The minimum Gasteiger partial charge on any atom is -0.387 e. The highest BCUT2D eigenvalue weighted by molar-refractivity contribution is 7.48. The zero-order chi connectivity index (χ0) is 19.7. The average molecular weight is 403 g/mol. The number of nitrogens with one attached hydrogen (secondary N) is 1. The quantitative estimate of drug-likeness (QED) is 0.473. The van der Waals surface area contributed by atoms with E-state index in [1.165, 1.54) is 13.3 Å². The number of phosphoric acid groups is 1. The van der Waals surface area contributed by atoms with Gasteiger partial charge in [-0.25, -0.2) is 9.36 Å². The van der Waals surface area contributed by atoms with Gasteiger partial charge in [-0.05, 0) is 0 Å². The summed E-state index contributed by atoms with van der Waals surface area (Å²) >= 11 is 0. The Labute approximate surface area is 152 Å². The second-order valence-electron chi connectivity index (χ2n) is 5.97. The van der Waals surface area contributed by atoms with Gasteiger partial charge in [0.1, 0.15) is 17.8 Å². The van der Waals surface area contributed by atoms with Crippen molar-refractivity contribution >= 4 is 7.82 Å². The van der Waals surface area contributed by atoms with Gasteiger partial charge < -0.3 is 14.6 Å². The molecule has 3 rings (SSSR count). The standard InChI is InChI=1S/C14H18N3O9P/c1-22-10-11(19)14(7-24-27(21,25-8-14)23-6-2-4-15)26-12(10)17-5-3-9(18)16-13(17)20/h3,5,10-12,19H,2,6-8H2,1H3,(H,16,18,20)/t10?,11-,12?,14?,27?/m1/s1. The number of nitriles is 1. The van der Waals surface area contributed by atoms with Crippen molar-refractivity contribution in [3.05, 3.63) is 33.1 Å². The molecule has 0 bridgehead atoms. The highest BCUT2D eigenvalue weighted by atomic mass is 31.2. The van der Waals surface area contributed by atoms with Crippen molar-refractivity contribution in [2.75, 3.05) is 26.9 Å². The van der Waals surface area contributed by atoms with E-state index in [0.717, 1.165) is 10.6 Å². The van der Waals surface area contributed by atoms with Crippen molar-refractivity contribution in [3.8, 4) is 6.07 Å². The first-order valence-electron chi connectivity index (χ1n) is 7.95. The highest BCUT2D eigenvalue weighted by Crippen LogP contribution is 2.56. The van der Waals surface area contributed by atoms with Gasteiger partial charge in [0, 0.05) is 19.4 Å². The summed E-state index contributed by atoms with van der Waals surface area (Å²) in [6.45, 7) is -0.848. The molecule has 2 aliphatic rings. The van der Waals surface area contributed by atoms with E-state index in [1.807, 2.05) is 6.07 Å². The van der Waals surface area contributed by atoms with Gasteiger partial charge in [-0.15, -0.1) is 0 Å². The van der Waals surface area contributed by atoms with E-state index in [4.69, 9.17) is 28.3 Å². The van der Waals surface area contributed by atoms with E-state index >= 15 is 0 Å². The summed E-state index contributed by atoms with van der Waals surface area (Å²) in [4.78, 5) is 25.4. The van der Waals surface area contributed by atoms with Crippen LogP contribution in [-0.2, 0) is 27.6 Å². The molecule has 2 fully saturated rings. The molecule has 0 aromatic carbocycles. The molecule has 148 valence electrons. The Bertz CT molecular complexity index is 879. The lowest BCUT2D eigenvalue weighted by Crippen LogP contribution is -2.52. The molecule has 27 heavy (non-hydrogen) atoms. The molecule has 13 heteroatoms. The van der Waals surface area contributed by atoms with Crippen LogP contribution in [0.3, 0.4) is 0 Å². The molecule has 2 saturated heterocycles. The van der Waals surface area contributed by atoms with Gasteiger partial charge in [-0.3, -0.25) is 27.9 Å². The van der Waals surface area contributed by atoms with Crippen LogP contribution in [0.15, 0.2) is 21.9 Å². The average Bonchev–Trinajstić information content (AvgIpc) is 2.90. The number of H-pyrrole nitrogens is 1. The monoisotopic (exact) mass is 403 g/mol. The predicted molar refractivity (Wildman–Crippen MR) is 86.7 cm³/mol. The van der Waals surface area contributed by atoms with E-state index in [1.54, 1.807) is 0 Å². The van der Waals surface area contributed by atoms with E-state index in [2.05, 4.69) is 4.98 Å². The van der Waals surface area contributed by atoms with Crippen LogP contribution < -0.4 is 11.2 Å². The van der Waals surface area contributed by atoms with Crippen LogP contribution in [0.25, 0.3) is 0 Å². The zero-order valence-electron chi connectivity index (χ0n) is 14.3. The normalized spacial score (nSPS) is 36.0. The van der Waals surface area contributed by atoms with Gasteiger partial charge in [0.25, 0.3) is 5.56 Å². The topological polar surface area (TPSA) is 162 Å². The molecule has 0 radical (unpaired) electrons. The van der Waals surface area contributed by atoms with Crippen LogP contribution in [0, 0.1) is 11.3 Å². The maximum Gasteiger partial charge on any atom is 0.475 e. The molecule has 12 nitrogen and oxygen atoms in total. The molecule has 3 atom stereocenters. The van der Waals surface area contributed by atoms with E-state index in [0.29, 0.717) is 0 Å². The summed E-state index contributed by atoms with van der Waals surface area (Å²) in [7, 11) is -2.56. The number of aliphatic hydroxyl groups excluding tert-OH is 1. The van der Waals surface area contributed by atoms with Crippen molar-refractivity contribution in [2.45, 2.75) is 30.5 Å². The number of methoxy groups -OCH3 is 1. The predicted octanol–water partition coefficient (Wildman–Crippen LogP) is -0.735. The Morgan fingerprint density at radius 3 is 2.78 bits per heavy atom. The lowest BCUT2D eigenvalue weighted by molar-refractivity contribution is -0.166. The summed E-state index contributed by atoms with van der Waals surface area (Å²) in [5.74, 6) is 0. The Hall–Kier alpha value is -1.84. The number of aromatic amines is 1. The first kappa shape index (κ1) is 19.9. The fraction of sp³-hybridized carbons (Fsp3) is 0.643. The van der Waals surface area contributed by atoms with Crippen molar-refractivity contribution in [1.29, 1.82) is 5.26 Å². The van der Waals surface area contributed by atoms with Gasteiger partial charge in [0.05, 0.1) is 32.3 Å². The lowest BCUT2D eigenvalue weighted by Gasteiger charge is -2.37. The number of hydrogen-bond donors (Lipinski definition) is 2. The fourth-order valence-corrected chi connectivity index (χ4v) is 4.18. The number of aliphatic hydroxyl groups is 1. The van der Waals surface area contributed by atoms with Crippen molar-refractivity contribution < 1.29 is 32.7 Å². The number of nitrogens with zero attached hydrogens (tertiary/aromatic N) is 2. The minimum absolute atomic E-state index is 0.00390. The summed E-state index contributed by atoms with van der Waals surface area (Å²) in [6.07, 6.45) is -2.15. The SMILES string of the molecule is COC1C(n2ccc(=O)[nH]c2=O)OC2(COP(=O)(OCCC#N)OC2)[C@@H]1O. The van der Waals surface area contributed by atoms with E-state index in [9.17, 15) is 19.3 Å². The van der Waals surface area contributed by atoms with Gasteiger partial charge in [-0.1, -0.05) is 0 Å². The maximum absolute atomic E-state index is 12.3. The third kappa shape index (κ3) is 3.76. The highest BCUT2D eigenvalue weighted by Gasteiger charge is 2.60. The largest absolute Gasteiger partial charge is 0.475 e. The third-order valence-corrected chi connectivity index (χ3v) is 5.67. The molecule has 0 amide bonds. The Kier molecular flexibility index (Phi) is 5.64. The second kappa shape index (κ2) is 7.65. The number of hydrogen-bond acceptors (Lipinski definition) is 10. The van der Waals surface area contributed by atoms with Crippen LogP contribution in [0.2, 0.25) is 0 Å². The van der Waals surface area contributed by atoms with Gasteiger partial charge in [0.2, 0.25) is 0 Å². The van der Waals surface area contributed by atoms with Crippen LogP contribution in [-0.4, -0.2) is 59.4 Å². The molecular weight excluding hydrogens is 385 g/mol. The third-order valence-electron chi connectivity index (χ3n) is 4.28. The van der Waals surface area contributed by atoms with Crippen LogP contribution in [0.1, 0.15) is 12.6 Å². The van der Waals surface area contributed by atoms with Gasteiger partial charge in [-0.2, -0.15) is 5.26 Å². The number of phosphoric ester groups is 1. The molecular formula is C14H18N3O9P. The number of ether oxygens (including phenoxy) is 2. The zero-order valence-corrected chi connectivity index (χ0v) is 15.2. The van der Waals surface area contributed by atoms with Crippen molar-refractivity contribution in [2.24, 2.45) is 0 Å². The number of rotatable bonds is 5. The molecule has 0 saturated carbocycles. The van der Waals surface area contributed by atoms with E-state index < -0.39 is 43.1 Å².